The second-order valence-corrected chi connectivity index (χ2v) is 13.2. The monoisotopic (exact) mass is 788 g/mol. The molecule has 20 heteroatoms. The number of carboxylic acids is 1. The van der Waals surface area contributed by atoms with Crippen molar-refractivity contribution in [1.82, 2.24) is 36.5 Å². The van der Waals surface area contributed by atoms with E-state index in [1.54, 1.807) is 0 Å². The molecule has 0 aromatic carbocycles. The first-order valence-electron chi connectivity index (χ1n) is 19.1. The number of rotatable bonds is 33. The van der Waals surface area contributed by atoms with Crippen LogP contribution in [0.2, 0.25) is 0 Å². The average Bonchev–Trinajstić information content (AvgIpc) is 3.15. The van der Waals surface area contributed by atoms with Crippen LogP contribution in [0.4, 0.5) is 0 Å². The molecule has 0 bridgehead atoms. The van der Waals surface area contributed by atoms with Gasteiger partial charge in [0.25, 0.3) is 0 Å². The van der Waals surface area contributed by atoms with E-state index in [2.05, 4.69) is 21.3 Å². The second kappa shape index (κ2) is 31.9. The van der Waals surface area contributed by atoms with Crippen LogP contribution in [0.25, 0.3) is 0 Å². The summed E-state index contributed by atoms with van der Waals surface area (Å²) in [6, 6.07) is -0.917. The first kappa shape index (κ1) is 50.6. The number of carboxylic acid groups (broad SMARTS) is 1. The van der Waals surface area contributed by atoms with Gasteiger partial charge in [0.15, 0.2) is 0 Å². The summed E-state index contributed by atoms with van der Waals surface area (Å²) in [5.41, 5.74) is 5.42. The minimum Gasteiger partial charge on any atom is -0.480 e. The van der Waals surface area contributed by atoms with Crippen molar-refractivity contribution in [3.05, 3.63) is 0 Å². The molecule has 0 aromatic rings. The number of aliphatic carboxylic acids is 1. The molecule has 0 aliphatic rings. The van der Waals surface area contributed by atoms with Crippen LogP contribution in [0.1, 0.15) is 122 Å². The highest BCUT2D eigenvalue weighted by atomic mass is 16.5. The summed E-state index contributed by atoms with van der Waals surface area (Å²) >= 11 is 0. The molecule has 0 aliphatic heterocycles. The Balaban J connectivity index is 3.79. The second-order valence-electron chi connectivity index (χ2n) is 13.2. The highest BCUT2D eigenvalue weighted by Gasteiger charge is 2.15. The van der Waals surface area contributed by atoms with Crippen molar-refractivity contribution in [1.29, 1.82) is 0 Å². The number of carbonyl (C=O) groups is 8. The minimum atomic E-state index is -1.06. The van der Waals surface area contributed by atoms with Crippen LogP contribution in [-0.2, 0) is 38.4 Å². The molecule has 0 saturated carbocycles. The Kier molecular flexibility index (Phi) is 29.3. The minimum absolute atomic E-state index is 0.0272. The molecule has 55 heavy (non-hydrogen) atoms. The molecule has 0 fully saturated rings. The number of carbonyl (C=O) groups excluding carboxylic acids is 7. The van der Waals surface area contributed by atoms with Gasteiger partial charge in [-0.25, -0.2) is 15.2 Å². The fraction of sp³-hybridized carbons (Fsp3) is 0.771. The van der Waals surface area contributed by atoms with E-state index in [9.17, 15) is 54.0 Å². The number of hydrogen-bond acceptors (Lipinski definition) is 12. The molecule has 0 saturated heterocycles. The zero-order valence-electron chi connectivity index (χ0n) is 32.2. The Morgan fingerprint density at radius 2 is 0.782 bits per heavy atom. The third kappa shape index (κ3) is 29.6. The Morgan fingerprint density at radius 3 is 1.11 bits per heavy atom. The highest BCUT2D eigenvalue weighted by Crippen LogP contribution is 2.04. The zero-order valence-corrected chi connectivity index (χ0v) is 32.2. The van der Waals surface area contributed by atoms with Crippen molar-refractivity contribution in [2.45, 2.75) is 129 Å². The van der Waals surface area contributed by atoms with Crippen LogP contribution in [0.5, 0.6) is 0 Å². The fourth-order valence-corrected chi connectivity index (χ4v) is 4.90. The maximum Gasteiger partial charge on any atom is 0.320 e. The van der Waals surface area contributed by atoms with E-state index in [-0.39, 0.29) is 81.8 Å². The van der Waals surface area contributed by atoms with Gasteiger partial charge in [0, 0.05) is 91.3 Å². The molecular weight excluding hydrogens is 724 g/mol. The smallest absolute Gasteiger partial charge is 0.320 e. The number of unbranched alkanes of at least 4 members (excludes halogenated alkanes) is 7. The van der Waals surface area contributed by atoms with Crippen molar-refractivity contribution >= 4 is 47.3 Å². The van der Waals surface area contributed by atoms with Gasteiger partial charge in [0.05, 0.1) is 0 Å². The SMILES string of the molecule is CC(=O)N(O)CCCCCNC(=O)CCC(=O)N(O)CCCCCNC(=O)CCC(=O)N(O)CCCCCNC(=O)CCC(=O)NCCCC[C@H](N)C(=O)O. The Labute approximate surface area is 322 Å². The number of hydrogen-bond donors (Lipinski definition) is 9. The number of nitrogens with one attached hydrogen (secondary N) is 4. The zero-order chi connectivity index (χ0) is 41.4. The first-order valence-corrected chi connectivity index (χ1v) is 19.1. The van der Waals surface area contributed by atoms with E-state index in [4.69, 9.17) is 10.8 Å². The van der Waals surface area contributed by atoms with Crippen LogP contribution in [0, 0.1) is 0 Å². The van der Waals surface area contributed by atoms with Crippen LogP contribution in [-0.4, -0.2) is 135 Å². The van der Waals surface area contributed by atoms with Gasteiger partial charge < -0.3 is 32.1 Å². The third-order valence-corrected chi connectivity index (χ3v) is 8.34. The lowest BCUT2D eigenvalue weighted by molar-refractivity contribution is -0.166. The molecule has 7 amide bonds. The summed E-state index contributed by atoms with van der Waals surface area (Å²) in [4.78, 5) is 93.6. The summed E-state index contributed by atoms with van der Waals surface area (Å²) in [7, 11) is 0. The quantitative estimate of drug-likeness (QED) is 0.0250. The van der Waals surface area contributed by atoms with E-state index >= 15 is 0 Å². The van der Waals surface area contributed by atoms with E-state index in [0.29, 0.717) is 118 Å². The van der Waals surface area contributed by atoms with Gasteiger partial charge in [-0.1, -0.05) is 0 Å². The summed E-state index contributed by atoms with van der Waals surface area (Å²) < 4.78 is 0. The molecule has 0 aliphatic carbocycles. The number of hydroxylamine groups is 6. The molecule has 10 N–H and O–H groups in total. The Hall–Kier alpha value is -4.40. The van der Waals surface area contributed by atoms with Gasteiger partial charge in [-0.15, -0.1) is 0 Å². The van der Waals surface area contributed by atoms with E-state index in [0.717, 1.165) is 0 Å². The molecule has 0 heterocycles. The van der Waals surface area contributed by atoms with Crippen molar-refractivity contribution < 1.29 is 59.1 Å². The van der Waals surface area contributed by atoms with Crippen LogP contribution < -0.4 is 27.0 Å². The summed E-state index contributed by atoms with van der Waals surface area (Å²) in [5, 5.41) is 50.5. The third-order valence-electron chi connectivity index (χ3n) is 8.34. The topological polar surface area (TPSA) is 301 Å². The number of nitrogens with zero attached hydrogens (tertiary/aromatic N) is 3. The van der Waals surface area contributed by atoms with Gasteiger partial charge in [-0.05, 0) is 77.0 Å². The van der Waals surface area contributed by atoms with Gasteiger partial charge >= 0.3 is 5.97 Å². The van der Waals surface area contributed by atoms with Crippen molar-refractivity contribution in [3.63, 3.8) is 0 Å². The molecule has 0 spiro atoms. The van der Waals surface area contributed by atoms with Crippen molar-refractivity contribution in [3.8, 4) is 0 Å². The van der Waals surface area contributed by atoms with Gasteiger partial charge in [0.2, 0.25) is 41.4 Å². The predicted molar refractivity (Wildman–Crippen MR) is 197 cm³/mol. The van der Waals surface area contributed by atoms with Crippen LogP contribution in [0.3, 0.4) is 0 Å². The average molecular weight is 789 g/mol. The molecule has 316 valence electrons. The summed E-state index contributed by atoms with van der Waals surface area (Å²) in [6.07, 6.45) is 6.33. The fourth-order valence-electron chi connectivity index (χ4n) is 4.90. The van der Waals surface area contributed by atoms with Crippen molar-refractivity contribution in [2.24, 2.45) is 5.73 Å². The van der Waals surface area contributed by atoms with Crippen molar-refractivity contribution in [2.75, 3.05) is 45.8 Å². The molecule has 20 nitrogen and oxygen atoms in total. The maximum absolute atomic E-state index is 12.2. The Bertz CT molecular complexity index is 1190. The van der Waals surface area contributed by atoms with E-state index < -0.39 is 29.7 Å². The number of amides is 7. The maximum atomic E-state index is 12.2. The normalized spacial score (nSPS) is 11.2. The lowest BCUT2D eigenvalue weighted by atomic mass is 10.1. The standard InChI is InChI=1S/C35H64N8O12/c1-27(44)41(53)24-10-2-6-21-38-31(47)16-18-33(49)43(55)26-12-4-8-22-39-32(48)17-19-34(50)42(54)25-11-3-7-20-37-29(45)14-15-30(46)40-23-9-5-13-28(36)35(51)52/h28,53-55H,2-26,36H2,1H3,(H,37,45)(H,38,47)(H,39,48)(H,40,46)(H,51,52)/t28-/m0/s1. The van der Waals surface area contributed by atoms with Crippen LogP contribution in [0.15, 0.2) is 0 Å². The molecule has 0 aromatic heterocycles. The lowest BCUT2D eigenvalue weighted by Gasteiger charge is -2.15. The predicted octanol–water partition coefficient (Wildman–Crippen LogP) is 0.558. The largest absolute Gasteiger partial charge is 0.480 e. The summed E-state index contributed by atoms with van der Waals surface area (Å²) in [6.45, 7) is 3.11. The van der Waals surface area contributed by atoms with Gasteiger partial charge in [0.1, 0.15) is 6.04 Å². The molecule has 0 rings (SSSR count). The highest BCUT2D eigenvalue weighted by molar-refractivity contribution is 5.84. The molecule has 0 unspecified atom stereocenters. The molecule has 1 atom stereocenters. The molecular formula is C35H64N8O12. The lowest BCUT2D eigenvalue weighted by Crippen LogP contribution is -2.31. The van der Waals surface area contributed by atoms with Crippen LogP contribution >= 0.6 is 0 Å². The Morgan fingerprint density at radius 1 is 0.473 bits per heavy atom. The van der Waals surface area contributed by atoms with Gasteiger partial charge in [-0.2, -0.15) is 0 Å². The van der Waals surface area contributed by atoms with E-state index in [1.807, 2.05) is 0 Å². The van der Waals surface area contributed by atoms with E-state index in [1.165, 1.54) is 6.92 Å². The van der Waals surface area contributed by atoms with Gasteiger partial charge in [-0.3, -0.25) is 54.0 Å². The summed E-state index contributed by atoms with van der Waals surface area (Å²) in [5.74, 6) is -3.88. The molecule has 0 radical (unpaired) electrons. The number of nitrogens with two attached hydrogens (primary N) is 1. The first-order chi connectivity index (χ1) is 26.1.